The molecule has 1 aliphatic carbocycles. The van der Waals surface area contributed by atoms with Crippen molar-refractivity contribution in [2.45, 2.75) is 36.8 Å². The predicted molar refractivity (Wildman–Crippen MR) is 99.4 cm³/mol. The van der Waals surface area contributed by atoms with Crippen molar-refractivity contribution in [3.8, 4) is 0 Å². The zero-order valence-corrected chi connectivity index (χ0v) is 15.5. The van der Waals surface area contributed by atoms with Gasteiger partial charge in [0.15, 0.2) is 0 Å². The smallest absolute Gasteiger partial charge is 0.207 e. The molecule has 2 aliphatic rings. The minimum absolute atomic E-state index is 0.0403. The van der Waals surface area contributed by atoms with E-state index in [0.29, 0.717) is 5.92 Å². The van der Waals surface area contributed by atoms with Gasteiger partial charge in [-0.15, -0.1) is 0 Å². The van der Waals surface area contributed by atoms with Gasteiger partial charge < -0.3 is 15.4 Å². The van der Waals surface area contributed by atoms with Gasteiger partial charge >= 0.3 is 0 Å². The molecule has 1 heterocycles. The van der Waals surface area contributed by atoms with Crippen LogP contribution in [0.25, 0.3) is 0 Å². The van der Waals surface area contributed by atoms with Crippen LogP contribution in [0.4, 0.5) is 0 Å². The van der Waals surface area contributed by atoms with Crippen molar-refractivity contribution in [2.75, 3.05) is 40.4 Å². The Morgan fingerprint density at radius 3 is 2.40 bits per heavy atom. The van der Waals surface area contributed by atoms with Crippen LogP contribution in [0, 0.1) is 5.92 Å². The summed E-state index contributed by atoms with van der Waals surface area (Å²) in [7, 11) is 4.21. The maximum atomic E-state index is 11.1. The third kappa shape index (κ3) is 3.73. The molecule has 3 rings (SSSR count). The Labute approximate surface area is 151 Å². The van der Waals surface area contributed by atoms with Crippen molar-refractivity contribution < 1.29 is 9.53 Å². The largest absolute Gasteiger partial charge is 0.381 e. The first kappa shape index (κ1) is 18.4. The van der Waals surface area contributed by atoms with Gasteiger partial charge in [0.05, 0.1) is 18.8 Å². The molecule has 138 valence electrons. The number of amides is 1. The van der Waals surface area contributed by atoms with E-state index >= 15 is 0 Å². The molecule has 0 spiro atoms. The van der Waals surface area contributed by atoms with Gasteiger partial charge in [0, 0.05) is 24.5 Å². The summed E-state index contributed by atoms with van der Waals surface area (Å²) < 4.78 is 5.37. The van der Waals surface area contributed by atoms with E-state index in [-0.39, 0.29) is 11.1 Å². The normalized spacial score (nSPS) is 30.0. The highest BCUT2D eigenvalue weighted by Gasteiger charge is 2.46. The molecular formula is C20H31N3O2. The van der Waals surface area contributed by atoms with Crippen LogP contribution in [0.15, 0.2) is 30.3 Å². The molecule has 2 N–H and O–H groups in total. The topological polar surface area (TPSA) is 53.6 Å². The van der Waals surface area contributed by atoms with E-state index in [0.717, 1.165) is 58.4 Å². The Morgan fingerprint density at radius 2 is 1.88 bits per heavy atom. The first-order chi connectivity index (χ1) is 12.1. The van der Waals surface area contributed by atoms with Crippen LogP contribution in [0.3, 0.4) is 0 Å². The molecule has 2 fully saturated rings. The minimum atomic E-state index is -0.130. The van der Waals surface area contributed by atoms with E-state index in [1.165, 1.54) is 5.56 Å². The average Bonchev–Trinajstić information content (AvgIpc) is 2.60. The number of carbonyl (C=O) groups is 1. The minimum Gasteiger partial charge on any atom is -0.381 e. The molecule has 5 heteroatoms. The molecule has 0 bridgehead atoms. The van der Waals surface area contributed by atoms with Crippen LogP contribution in [0.2, 0.25) is 0 Å². The van der Waals surface area contributed by atoms with Gasteiger partial charge in [-0.05, 0) is 45.3 Å². The number of likely N-dealkylation sites (N-methyl/N-ethyl adjacent to an activating group) is 1. The van der Waals surface area contributed by atoms with Crippen molar-refractivity contribution in [1.82, 2.24) is 15.5 Å². The van der Waals surface area contributed by atoms with E-state index in [1.54, 1.807) is 0 Å². The van der Waals surface area contributed by atoms with E-state index in [4.69, 9.17) is 4.74 Å². The van der Waals surface area contributed by atoms with Gasteiger partial charge in [-0.25, -0.2) is 0 Å². The van der Waals surface area contributed by atoms with Crippen molar-refractivity contribution in [1.29, 1.82) is 0 Å². The van der Waals surface area contributed by atoms with Gasteiger partial charge in [0.1, 0.15) is 0 Å². The number of ether oxygens (including phenoxy) is 1. The molecule has 1 aromatic carbocycles. The predicted octanol–water partition coefficient (Wildman–Crippen LogP) is 1.74. The first-order valence-corrected chi connectivity index (χ1v) is 9.35. The second kappa shape index (κ2) is 7.85. The van der Waals surface area contributed by atoms with E-state index < -0.39 is 0 Å². The molecule has 1 amide bonds. The summed E-state index contributed by atoms with van der Waals surface area (Å²) >= 11 is 0. The average molecular weight is 345 g/mol. The number of benzene rings is 1. The third-order valence-electron chi connectivity index (χ3n) is 6.20. The van der Waals surface area contributed by atoms with Crippen LogP contribution >= 0.6 is 0 Å². The summed E-state index contributed by atoms with van der Waals surface area (Å²) in [6.45, 7) is 3.64. The molecule has 1 aromatic rings. The van der Waals surface area contributed by atoms with E-state index in [9.17, 15) is 4.79 Å². The molecule has 25 heavy (non-hydrogen) atoms. The highest BCUT2D eigenvalue weighted by molar-refractivity contribution is 5.48. The number of carbonyl (C=O) groups excluding carboxylic acids is 1. The van der Waals surface area contributed by atoms with Crippen molar-refractivity contribution in [2.24, 2.45) is 5.92 Å². The Balaban J connectivity index is 1.82. The fraction of sp³-hybridized carbons (Fsp3) is 0.650. The zero-order chi connectivity index (χ0) is 17.8. The number of nitrogens with zero attached hydrogens (tertiary/aromatic N) is 1. The van der Waals surface area contributed by atoms with Crippen molar-refractivity contribution in [3.05, 3.63) is 35.9 Å². The molecule has 1 aliphatic heterocycles. The summed E-state index contributed by atoms with van der Waals surface area (Å²) in [5.41, 5.74) is 1.30. The van der Waals surface area contributed by atoms with Crippen LogP contribution < -0.4 is 10.6 Å². The number of hydrogen-bond acceptors (Lipinski definition) is 4. The summed E-state index contributed by atoms with van der Waals surface area (Å²) in [6.07, 6.45) is 4.91. The third-order valence-corrected chi connectivity index (χ3v) is 6.20. The van der Waals surface area contributed by atoms with E-state index in [1.807, 2.05) is 7.05 Å². The second-order valence-corrected chi connectivity index (χ2v) is 7.75. The van der Waals surface area contributed by atoms with Crippen molar-refractivity contribution >= 4 is 6.41 Å². The number of hydrogen-bond donors (Lipinski definition) is 2. The summed E-state index contributed by atoms with van der Waals surface area (Å²) in [4.78, 5) is 13.7. The van der Waals surface area contributed by atoms with Gasteiger partial charge in [0.25, 0.3) is 0 Å². The van der Waals surface area contributed by atoms with Crippen LogP contribution in [-0.2, 0) is 15.1 Å². The van der Waals surface area contributed by atoms with Crippen molar-refractivity contribution in [3.63, 3.8) is 0 Å². The van der Waals surface area contributed by atoms with Gasteiger partial charge in [-0.2, -0.15) is 0 Å². The Kier molecular flexibility index (Phi) is 5.77. The van der Waals surface area contributed by atoms with Gasteiger partial charge in [0.2, 0.25) is 6.41 Å². The van der Waals surface area contributed by atoms with Crippen LogP contribution in [-0.4, -0.2) is 57.2 Å². The van der Waals surface area contributed by atoms with Crippen LogP contribution in [0.5, 0.6) is 0 Å². The van der Waals surface area contributed by atoms with Gasteiger partial charge in [-0.3, -0.25) is 9.69 Å². The fourth-order valence-electron chi connectivity index (χ4n) is 4.57. The summed E-state index contributed by atoms with van der Waals surface area (Å²) in [6, 6.07) is 10.9. The van der Waals surface area contributed by atoms with Gasteiger partial charge in [-0.1, -0.05) is 30.3 Å². The fourth-order valence-corrected chi connectivity index (χ4v) is 4.57. The highest BCUT2D eigenvalue weighted by Crippen LogP contribution is 2.45. The maximum Gasteiger partial charge on any atom is 0.207 e. The Morgan fingerprint density at radius 1 is 1.20 bits per heavy atom. The SMILES string of the molecule is CNCC1(NC=O)CCC(c2ccccc2)(N(C)CC2COC2)CC1. The highest BCUT2D eigenvalue weighted by atomic mass is 16.5. The second-order valence-electron chi connectivity index (χ2n) is 7.75. The molecule has 1 saturated heterocycles. The molecule has 5 nitrogen and oxygen atoms in total. The number of rotatable bonds is 8. The first-order valence-electron chi connectivity index (χ1n) is 9.35. The molecular weight excluding hydrogens is 314 g/mol. The lowest BCUT2D eigenvalue weighted by molar-refractivity contribution is -0.112. The molecule has 0 radical (unpaired) electrons. The molecule has 0 atom stereocenters. The lowest BCUT2D eigenvalue weighted by atomic mass is 9.68. The molecule has 1 saturated carbocycles. The lowest BCUT2D eigenvalue weighted by Gasteiger charge is -2.52. The quantitative estimate of drug-likeness (QED) is 0.705. The lowest BCUT2D eigenvalue weighted by Crippen LogP contribution is -2.59. The number of nitrogens with one attached hydrogen (secondary N) is 2. The monoisotopic (exact) mass is 345 g/mol. The summed E-state index contributed by atoms with van der Waals surface area (Å²) in [5, 5.41) is 6.37. The zero-order valence-electron chi connectivity index (χ0n) is 15.5. The maximum absolute atomic E-state index is 11.1. The summed E-state index contributed by atoms with van der Waals surface area (Å²) in [5.74, 6) is 0.641. The molecule has 0 unspecified atom stereocenters. The van der Waals surface area contributed by atoms with Crippen LogP contribution in [0.1, 0.15) is 31.2 Å². The molecule has 0 aromatic heterocycles. The Hall–Kier alpha value is -1.43. The van der Waals surface area contributed by atoms with E-state index in [2.05, 4.69) is 52.9 Å². The Bertz CT molecular complexity index is 551. The standard InChI is InChI=1S/C20H31N3O2/c1-21-15-19(22-16-24)8-10-20(11-9-19,18-6-4-3-5-7-18)23(2)12-17-13-25-14-17/h3-7,16-17,21H,8-15H2,1-2H3,(H,22,24).